The van der Waals surface area contributed by atoms with E-state index in [0.717, 1.165) is 5.56 Å². The number of halogens is 1. The first kappa shape index (κ1) is 15.5. The molecule has 0 bridgehead atoms. The highest BCUT2D eigenvalue weighted by Crippen LogP contribution is 2.19. The summed E-state index contributed by atoms with van der Waals surface area (Å²) < 4.78 is 0.645. The third kappa shape index (κ3) is 4.04. The van der Waals surface area contributed by atoms with Crippen LogP contribution in [0.4, 0.5) is 5.82 Å². The maximum absolute atomic E-state index is 11.2. The second kappa shape index (κ2) is 6.72. The fourth-order valence-electron chi connectivity index (χ4n) is 1.95. The lowest BCUT2D eigenvalue weighted by atomic mass is 10.0. The van der Waals surface area contributed by atoms with Crippen molar-refractivity contribution in [3.63, 3.8) is 0 Å². The van der Waals surface area contributed by atoms with Crippen molar-refractivity contribution in [2.75, 3.05) is 5.32 Å². The Bertz CT molecular complexity index is 639. The van der Waals surface area contributed by atoms with E-state index in [1.165, 1.54) is 5.56 Å². The number of hydrogen-bond donors (Lipinski definition) is 2. The molecule has 0 saturated carbocycles. The van der Waals surface area contributed by atoms with Gasteiger partial charge in [-0.25, -0.2) is 9.78 Å². The van der Waals surface area contributed by atoms with Gasteiger partial charge in [0.1, 0.15) is 11.4 Å². The Morgan fingerprint density at radius 3 is 2.57 bits per heavy atom. The molecule has 2 N–H and O–H groups in total. The van der Waals surface area contributed by atoms with Gasteiger partial charge in [-0.1, -0.05) is 38.1 Å². The van der Waals surface area contributed by atoms with Crippen LogP contribution in [0.2, 0.25) is 0 Å². The van der Waals surface area contributed by atoms with Gasteiger partial charge in [0.2, 0.25) is 0 Å². The second-order valence-electron chi connectivity index (χ2n) is 5.10. The molecule has 2 aromatic rings. The molecule has 0 amide bonds. The molecule has 0 aliphatic carbocycles. The van der Waals surface area contributed by atoms with Crippen LogP contribution in [0, 0.1) is 0 Å². The zero-order chi connectivity index (χ0) is 15.4. The van der Waals surface area contributed by atoms with E-state index in [4.69, 9.17) is 0 Å². The topological polar surface area (TPSA) is 62.2 Å². The number of rotatable bonds is 5. The molecule has 0 unspecified atom stereocenters. The van der Waals surface area contributed by atoms with Gasteiger partial charge in [0.15, 0.2) is 0 Å². The van der Waals surface area contributed by atoms with Gasteiger partial charge in [-0.15, -0.1) is 0 Å². The minimum atomic E-state index is -0.999. The highest BCUT2D eigenvalue weighted by Gasteiger charge is 2.11. The molecule has 0 atom stereocenters. The molecule has 0 aliphatic rings. The van der Waals surface area contributed by atoms with Gasteiger partial charge in [-0.3, -0.25) is 0 Å². The summed E-state index contributed by atoms with van der Waals surface area (Å²) in [5.74, 6) is -0.126. The highest BCUT2D eigenvalue weighted by molar-refractivity contribution is 9.10. The molecular weight excluding hydrogens is 332 g/mol. The van der Waals surface area contributed by atoms with Crippen molar-refractivity contribution in [3.8, 4) is 0 Å². The SMILES string of the molecule is CC(C)c1ccc(CNc2ncc(Br)cc2C(=O)O)cc1. The van der Waals surface area contributed by atoms with Crippen molar-refractivity contribution in [2.24, 2.45) is 0 Å². The van der Waals surface area contributed by atoms with Gasteiger partial charge >= 0.3 is 5.97 Å². The molecule has 110 valence electrons. The lowest BCUT2D eigenvalue weighted by Gasteiger charge is -2.10. The Balaban J connectivity index is 2.11. The van der Waals surface area contributed by atoms with Crippen molar-refractivity contribution in [3.05, 3.63) is 57.7 Å². The molecule has 0 aliphatic heterocycles. The smallest absolute Gasteiger partial charge is 0.339 e. The van der Waals surface area contributed by atoms with Gasteiger partial charge in [0.25, 0.3) is 0 Å². The number of carboxylic acid groups (broad SMARTS) is 1. The summed E-state index contributed by atoms with van der Waals surface area (Å²) in [7, 11) is 0. The third-order valence-corrected chi connectivity index (χ3v) is 3.62. The van der Waals surface area contributed by atoms with E-state index in [1.54, 1.807) is 12.3 Å². The van der Waals surface area contributed by atoms with E-state index in [-0.39, 0.29) is 5.56 Å². The van der Waals surface area contributed by atoms with Crippen LogP contribution in [0.1, 0.15) is 41.3 Å². The molecule has 4 nitrogen and oxygen atoms in total. The second-order valence-corrected chi connectivity index (χ2v) is 6.02. The minimum Gasteiger partial charge on any atom is -0.478 e. The van der Waals surface area contributed by atoms with Crippen LogP contribution in [-0.4, -0.2) is 16.1 Å². The van der Waals surface area contributed by atoms with E-state index < -0.39 is 5.97 Å². The minimum absolute atomic E-state index is 0.156. The van der Waals surface area contributed by atoms with Gasteiger partial charge in [-0.05, 0) is 39.0 Å². The molecule has 0 saturated heterocycles. The molecule has 1 aromatic carbocycles. The summed E-state index contributed by atoms with van der Waals surface area (Å²) in [6, 6.07) is 9.81. The van der Waals surface area contributed by atoms with E-state index >= 15 is 0 Å². The maximum atomic E-state index is 11.2. The molecule has 5 heteroatoms. The number of pyridine rings is 1. The van der Waals surface area contributed by atoms with Gasteiger partial charge in [-0.2, -0.15) is 0 Å². The van der Waals surface area contributed by atoms with Crippen molar-refractivity contribution in [2.45, 2.75) is 26.3 Å². The fourth-order valence-corrected chi connectivity index (χ4v) is 2.28. The molecule has 2 rings (SSSR count). The number of aromatic nitrogens is 1. The molecule has 1 aromatic heterocycles. The van der Waals surface area contributed by atoms with Crippen LogP contribution in [0.15, 0.2) is 41.0 Å². The quantitative estimate of drug-likeness (QED) is 0.846. The van der Waals surface area contributed by atoms with Crippen LogP contribution >= 0.6 is 15.9 Å². The summed E-state index contributed by atoms with van der Waals surface area (Å²) in [6.07, 6.45) is 1.58. The number of carbonyl (C=O) groups is 1. The first-order valence-corrected chi connectivity index (χ1v) is 7.48. The van der Waals surface area contributed by atoms with Gasteiger partial charge in [0, 0.05) is 17.2 Å². The Hall–Kier alpha value is -1.88. The maximum Gasteiger partial charge on any atom is 0.339 e. The van der Waals surface area contributed by atoms with Crippen LogP contribution < -0.4 is 5.32 Å². The molecule has 0 radical (unpaired) electrons. The lowest BCUT2D eigenvalue weighted by molar-refractivity contribution is 0.0697. The van der Waals surface area contributed by atoms with Crippen LogP contribution in [0.3, 0.4) is 0 Å². The Kier molecular flexibility index (Phi) is 4.96. The van der Waals surface area contributed by atoms with Crippen LogP contribution in [0.25, 0.3) is 0 Å². The summed E-state index contributed by atoms with van der Waals surface area (Å²) in [6.45, 7) is 4.84. The van der Waals surface area contributed by atoms with Gasteiger partial charge in [0.05, 0.1) is 0 Å². The monoisotopic (exact) mass is 348 g/mol. The standard InChI is InChI=1S/C16H17BrN2O2/c1-10(2)12-5-3-11(4-6-12)8-18-15-14(16(20)21)7-13(17)9-19-15/h3-7,9-10H,8H2,1-2H3,(H,18,19)(H,20,21). The third-order valence-electron chi connectivity index (χ3n) is 3.19. The number of aromatic carboxylic acids is 1. The normalized spacial score (nSPS) is 10.7. The fraction of sp³-hybridized carbons (Fsp3) is 0.250. The van der Waals surface area contributed by atoms with Crippen molar-refractivity contribution in [1.82, 2.24) is 4.98 Å². The first-order valence-electron chi connectivity index (χ1n) is 6.69. The van der Waals surface area contributed by atoms with E-state index in [0.29, 0.717) is 22.8 Å². The summed E-state index contributed by atoms with van der Waals surface area (Å²) >= 11 is 3.23. The summed E-state index contributed by atoms with van der Waals surface area (Å²) in [4.78, 5) is 15.3. The van der Waals surface area contributed by atoms with Crippen molar-refractivity contribution >= 4 is 27.7 Å². The molecular formula is C16H17BrN2O2. The Morgan fingerprint density at radius 2 is 2.00 bits per heavy atom. The predicted molar refractivity (Wildman–Crippen MR) is 86.8 cm³/mol. The van der Waals surface area contributed by atoms with E-state index in [9.17, 15) is 9.90 Å². The Labute approximate surface area is 132 Å². The lowest BCUT2D eigenvalue weighted by Crippen LogP contribution is -2.08. The summed E-state index contributed by atoms with van der Waals surface area (Å²) in [5.41, 5.74) is 2.52. The molecule has 0 spiro atoms. The molecule has 1 heterocycles. The zero-order valence-electron chi connectivity index (χ0n) is 11.9. The van der Waals surface area contributed by atoms with Crippen molar-refractivity contribution < 1.29 is 9.90 Å². The zero-order valence-corrected chi connectivity index (χ0v) is 13.5. The highest BCUT2D eigenvalue weighted by atomic mass is 79.9. The van der Waals surface area contributed by atoms with E-state index in [2.05, 4.69) is 52.2 Å². The number of nitrogens with zero attached hydrogens (tertiary/aromatic N) is 1. The van der Waals surface area contributed by atoms with Gasteiger partial charge < -0.3 is 10.4 Å². The largest absolute Gasteiger partial charge is 0.478 e. The molecule has 0 fully saturated rings. The van der Waals surface area contributed by atoms with Crippen LogP contribution in [-0.2, 0) is 6.54 Å². The number of carboxylic acids is 1. The van der Waals surface area contributed by atoms with Crippen molar-refractivity contribution in [1.29, 1.82) is 0 Å². The predicted octanol–water partition coefficient (Wildman–Crippen LogP) is 4.28. The van der Waals surface area contributed by atoms with E-state index in [1.807, 2.05) is 12.1 Å². The number of nitrogens with one attached hydrogen (secondary N) is 1. The number of benzene rings is 1. The average Bonchev–Trinajstić information content (AvgIpc) is 2.46. The Morgan fingerprint density at radius 1 is 1.33 bits per heavy atom. The van der Waals surface area contributed by atoms with Crippen LogP contribution in [0.5, 0.6) is 0 Å². The average molecular weight is 349 g/mol. The number of anilines is 1. The molecule has 21 heavy (non-hydrogen) atoms. The number of hydrogen-bond acceptors (Lipinski definition) is 3. The summed E-state index contributed by atoms with van der Waals surface area (Å²) in [5, 5.41) is 12.3. The first-order chi connectivity index (χ1) is 9.97.